The summed E-state index contributed by atoms with van der Waals surface area (Å²) in [5.74, 6) is 0. The number of hydrogen-bond acceptors (Lipinski definition) is 0. The molecular weight excluding hydrogens is 544 g/mol. The monoisotopic (exact) mass is 574 g/mol. The van der Waals surface area contributed by atoms with E-state index < -0.39 is 0 Å². The van der Waals surface area contributed by atoms with Gasteiger partial charge in [-0.25, -0.2) is 0 Å². The Bertz CT molecular complexity index is 2440. The Kier molecular flexibility index (Phi) is 5.76. The van der Waals surface area contributed by atoms with Gasteiger partial charge in [0.05, 0.1) is 27.8 Å². The predicted octanol–water partition coefficient (Wildman–Crippen LogP) is 11.5. The van der Waals surface area contributed by atoms with Crippen LogP contribution in [0.15, 0.2) is 164 Å². The van der Waals surface area contributed by atoms with Crippen LogP contribution in [0, 0.1) is 6.92 Å². The van der Waals surface area contributed by atoms with Gasteiger partial charge in [0.1, 0.15) is 0 Å². The molecule has 2 heterocycles. The van der Waals surface area contributed by atoms with Gasteiger partial charge in [0.25, 0.3) is 0 Å². The van der Waals surface area contributed by atoms with Crippen molar-refractivity contribution in [2.45, 2.75) is 6.92 Å². The average molecular weight is 575 g/mol. The van der Waals surface area contributed by atoms with Gasteiger partial charge >= 0.3 is 0 Å². The molecule has 2 nitrogen and oxygen atoms in total. The molecule has 0 aliphatic rings. The minimum atomic E-state index is 1.15. The Morgan fingerprint density at radius 2 is 0.844 bits per heavy atom. The number of fused-ring (bicyclic) bond motifs is 6. The lowest BCUT2D eigenvalue weighted by molar-refractivity contribution is 1.15. The van der Waals surface area contributed by atoms with E-state index >= 15 is 0 Å². The fourth-order valence-electron chi connectivity index (χ4n) is 7.08. The van der Waals surface area contributed by atoms with E-state index in [1.54, 1.807) is 0 Å². The minimum Gasteiger partial charge on any atom is -0.309 e. The summed E-state index contributed by atoms with van der Waals surface area (Å²) in [4.78, 5) is 0. The van der Waals surface area contributed by atoms with Gasteiger partial charge in [-0.3, -0.25) is 0 Å². The zero-order valence-electron chi connectivity index (χ0n) is 25.0. The van der Waals surface area contributed by atoms with Crippen LogP contribution in [-0.4, -0.2) is 9.13 Å². The van der Waals surface area contributed by atoms with Crippen LogP contribution in [0.2, 0.25) is 0 Å². The maximum Gasteiger partial charge on any atom is 0.0542 e. The highest BCUT2D eigenvalue weighted by molar-refractivity contribution is 6.11. The fraction of sp³-hybridized carbons (Fsp3) is 0.0233. The smallest absolute Gasteiger partial charge is 0.0542 e. The highest BCUT2D eigenvalue weighted by Gasteiger charge is 2.18. The molecule has 0 saturated heterocycles. The van der Waals surface area contributed by atoms with Gasteiger partial charge in [-0.1, -0.05) is 121 Å². The minimum absolute atomic E-state index is 1.15. The molecule has 0 aliphatic carbocycles. The summed E-state index contributed by atoms with van der Waals surface area (Å²) in [6.45, 7) is 2.14. The molecule has 7 aromatic carbocycles. The maximum atomic E-state index is 2.44. The summed E-state index contributed by atoms with van der Waals surface area (Å²) < 4.78 is 4.85. The average Bonchev–Trinajstić information content (AvgIpc) is 3.62. The number of aryl methyl sites for hydroxylation is 1. The van der Waals surface area contributed by atoms with Crippen molar-refractivity contribution in [2.75, 3.05) is 0 Å². The zero-order valence-corrected chi connectivity index (χ0v) is 25.0. The van der Waals surface area contributed by atoms with E-state index in [1.165, 1.54) is 71.4 Å². The molecule has 0 spiro atoms. The van der Waals surface area contributed by atoms with Gasteiger partial charge in [-0.05, 0) is 72.1 Å². The molecule has 0 amide bonds. The number of hydrogen-bond donors (Lipinski definition) is 0. The number of nitrogens with zero attached hydrogens (tertiary/aromatic N) is 2. The summed E-state index contributed by atoms with van der Waals surface area (Å²) in [7, 11) is 0. The molecule has 2 aromatic heterocycles. The van der Waals surface area contributed by atoms with Crippen molar-refractivity contribution in [3.8, 4) is 33.6 Å². The maximum absolute atomic E-state index is 2.44. The van der Waals surface area contributed by atoms with Crippen LogP contribution in [0.5, 0.6) is 0 Å². The Balaban J connectivity index is 1.36. The van der Waals surface area contributed by atoms with Crippen molar-refractivity contribution in [1.29, 1.82) is 0 Å². The van der Waals surface area contributed by atoms with E-state index in [0.717, 1.165) is 11.4 Å². The van der Waals surface area contributed by atoms with Crippen molar-refractivity contribution >= 4 is 43.6 Å². The molecule has 0 atom stereocenters. The summed E-state index contributed by atoms with van der Waals surface area (Å²) in [6.07, 6.45) is 0. The third-order valence-electron chi connectivity index (χ3n) is 9.20. The molecule has 0 bridgehead atoms. The first kappa shape index (κ1) is 25.6. The Morgan fingerprint density at radius 1 is 0.356 bits per heavy atom. The molecule has 9 aromatic rings. The van der Waals surface area contributed by atoms with E-state index in [0.29, 0.717) is 0 Å². The van der Waals surface area contributed by atoms with E-state index in [-0.39, 0.29) is 0 Å². The van der Waals surface area contributed by atoms with Gasteiger partial charge in [0.15, 0.2) is 0 Å². The second-order valence-electron chi connectivity index (χ2n) is 11.9. The lowest BCUT2D eigenvalue weighted by Gasteiger charge is -2.18. The van der Waals surface area contributed by atoms with Crippen LogP contribution < -0.4 is 0 Å². The van der Waals surface area contributed by atoms with Crippen molar-refractivity contribution < 1.29 is 0 Å². The second kappa shape index (κ2) is 10.1. The zero-order chi connectivity index (χ0) is 29.9. The molecule has 45 heavy (non-hydrogen) atoms. The van der Waals surface area contributed by atoms with E-state index in [1.807, 2.05) is 0 Å². The Labute approximate surface area is 262 Å². The molecule has 0 N–H and O–H groups in total. The standard InChI is InChI=1S/C43H30N2/c1-29-21-23-30(24-22-29)31-11-10-12-32(27-31)38-28-33(44-39-17-6-2-13-34(39)35-14-3-7-18-40(35)44)25-26-43(38)45-41-19-8-4-15-36(41)37-16-5-9-20-42(37)45/h2-28H,1H3. The molecule has 0 radical (unpaired) electrons. The first-order valence-corrected chi connectivity index (χ1v) is 15.5. The van der Waals surface area contributed by atoms with Crippen molar-refractivity contribution in [2.24, 2.45) is 0 Å². The lowest BCUT2D eigenvalue weighted by atomic mass is 9.97. The number of rotatable bonds is 4. The van der Waals surface area contributed by atoms with Gasteiger partial charge in [-0.2, -0.15) is 0 Å². The van der Waals surface area contributed by atoms with Crippen LogP contribution in [0.25, 0.3) is 77.2 Å². The van der Waals surface area contributed by atoms with Gasteiger partial charge in [-0.15, -0.1) is 0 Å². The molecule has 0 aliphatic heterocycles. The summed E-state index contributed by atoms with van der Waals surface area (Å²) in [6, 6.07) is 59.7. The molecule has 2 heteroatoms. The summed E-state index contributed by atoms with van der Waals surface area (Å²) in [5.41, 5.74) is 13.2. The van der Waals surface area contributed by atoms with Crippen molar-refractivity contribution in [3.05, 3.63) is 169 Å². The van der Waals surface area contributed by atoms with Crippen LogP contribution in [0.3, 0.4) is 0 Å². The first-order valence-electron chi connectivity index (χ1n) is 15.5. The highest BCUT2D eigenvalue weighted by Crippen LogP contribution is 2.40. The normalized spacial score (nSPS) is 11.7. The number of para-hydroxylation sites is 4. The van der Waals surface area contributed by atoms with Crippen LogP contribution in [0.1, 0.15) is 5.56 Å². The van der Waals surface area contributed by atoms with Crippen LogP contribution >= 0.6 is 0 Å². The highest BCUT2D eigenvalue weighted by atomic mass is 15.0. The number of benzene rings is 7. The third-order valence-corrected chi connectivity index (χ3v) is 9.20. The Hall–Kier alpha value is -5.86. The molecule has 0 saturated carbocycles. The fourth-order valence-corrected chi connectivity index (χ4v) is 7.08. The number of aromatic nitrogens is 2. The molecule has 0 unspecified atom stereocenters. The van der Waals surface area contributed by atoms with E-state index in [2.05, 4.69) is 180 Å². The van der Waals surface area contributed by atoms with Crippen LogP contribution in [0.4, 0.5) is 0 Å². The topological polar surface area (TPSA) is 9.86 Å². The summed E-state index contributed by atoms with van der Waals surface area (Å²) >= 11 is 0. The van der Waals surface area contributed by atoms with Crippen LogP contribution in [-0.2, 0) is 0 Å². The molecule has 212 valence electrons. The van der Waals surface area contributed by atoms with E-state index in [4.69, 9.17) is 0 Å². The lowest BCUT2D eigenvalue weighted by Crippen LogP contribution is -2.01. The Morgan fingerprint density at radius 3 is 1.40 bits per heavy atom. The quantitative estimate of drug-likeness (QED) is 0.198. The van der Waals surface area contributed by atoms with E-state index in [9.17, 15) is 0 Å². The second-order valence-corrected chi connectivity index (χ2v) is 11.9. The van der Waals surface area contributed by atoms with Gasteiger partial charge < -0.3 is 9.13 Å². The summed E-state index contributed by atoms with van der Waals surface area (Å²) in [5, 5.41) is 5.06. The predicted molar refractivity (Wildman–Crippen MR) is 191 cm³/mol. The molecule has 9 rings (SSSR count). The van der Waals surface area contributed by atoms with Crippen molar-refractivity contribution in [1.82, 2.24) is 9.13 Å². The molecular formula is C43H30N2. The first-order chi connectivity index (χ1) is 22.2. The van der Waals surface area contributed by atoms with Gasteiger partial charge in [0, 0.05) is 32.8 Å². The third kappa shape index (κ3) is 4.03. The molecule has 0 fully saturated rings. The van der Waals surface area contributed by atoms with Crippen molar-refractivity contribution in [3.63, 3.8) is 0 Å². The largest absolute Gasteiger partial charge is 0.309 e. The SMILES string of the molecule is Cc1ccc(-c2cccc(-c3cc(-n4c5ccccc5c5ccccc54)ccc3-n3c4ccccc4c4ccccc43)c2)cc1. The van der Waals surface area contributed by atoms with Gasteiger partial charge in [0.2, 0.25) is 0 Å².